The molecule has 0 fully saturated rings. The van der Waals surface area contributed by atoms with Gasteiger partial charge in [-0.15, -0.1) is 0 Å². The van der Waals surface area contributed by atoms with E-state index in [-0.39, 0.29) is 11.3 Å². The number of hydrogen-bond donors (Lipinski definition) is 2. The normalized spacial score (nSPS) is 12.5. The number of nitrogens with one attached hydrogen (secondary N) is 1. The summed E-state index contributed by atoms with van der Waals surface area (Å²) in [5.41, 5.74) is 7.96. The minimum atomic E-state index is -0.782. The summed E-state index contributed by atoms with van der Waals surface area (Å²) >= 11 is 5.86. The first-order chi connectivity index (χ1) is 11.7. The van der Waals surface area contributed by atoms with Crippen LogP contribution in [0.25, 0.3) is 0 Å². The molecule has 132 valence electrons. The molecule has 2 aromatic carbocycles. The molecule has 0 aliphatic heterocycles. The van der Waals surface area contributed by atoms with Gasteiger partial charge in [0.1, 0.15) is 6.04 Å². The summed E-state index contributed by atoms with van der Waals surface area (Å²) in [7, 11) is 0. The lowest BCUT2D eigenvalue weighted by Crippen LogP contribution is -2.45. The number of nitrogens with two attached hydrogens (primary N) is 1. The highest BCUT2D eigenvalue weighted by Gasteiger charge is 2.20. The van der Waals surface area contributed by atoms with E-state index in [1.54, 1.807) is 24.3 Å². The quantitative estimate of drug-likeness (QED) is 0.859. The fourth-order valence-corrected chi connectivity index (χ4v) is 2.57. The molecule has 0 radical (unpaired) electrons. The maximum atomic E-state index is 12.4. The Hall–Kier alpha value is -2.33. The number of hydrogen-bond acceptors (Lipinski definition) is 2. The highest BCUT2D eigenvalue weighted by atomic mass is 35.5. The summed E-state index contributed by atoms with van der Waals surface area (Å²) in [5.74, 6) is -0.896. The molecule has 5 heteroatoms. The van der Waals surface area contributed by atoms with Crippen molar-refractivity contribution in [3.05, 3.63) is 70.2 Å². The fraction of sp³-hybridized carbons (Fsp3) is 0.300. The van der Waals surface area contributed by atoms with E-state index in [1.165, 1.54) is 0 Å². The molecule has 0 bridgehead atoms. The second-order valence-corrected chi connectivity index (χ2v) is 7.52. The Labute approximate surface area is 153 Å². The molecular formula is C20H23ClN2O2. The number of halogens is 1. The highest BCUT2D eigenvalue weighted by molar-refractivity contribution is 6.30. The van der Waals surface area contributed by atoms with Crippen molar-refractivity contribution < 1.29 is 9.59 Å². The highest BCUT2D eigenvalue weighted by Crippen LogP contribution is 2.22. The van der Waals surface area contributed by atoms with Crippen LogP contribution in [-0.2, 0) is 16.6 Å². The average molecular weight is 359 g/mol. The van der Waals surface area contributed by atoms with Crippen LogP contribution in [0.3, 0.4) is 0 Å². The molecular weight excluding hydrogens is 336 g/mol. The number of carbonyl (C=O) groups is 2. The second kappa shape index (κ2) is 7.70. The molecule has 2 amide bonds. The molecule has 0 heterocycles. The van der Waals surface area contributed by atoms with Crippen molar-refractivity contribution in [1.29, 1.82) is 0 Å². The predicted octanol–water partition coefficient (Wildman–Crippen LogP) is 3.46. The molecule has 0 spiro atoms. The monoisotopic (exact) mass is 358 g/mol. The lowest BCUT2D eigenvalue weighted by Gasteiger charge is -2.19. The molecule has 0 unspecified atom stereocenters. The van der Waals surface area contributed by atoms with E-state index >= 15 is 0 Å². The van der Waals surface area contributed by atoms with Crippen molar-refractivity contribution >= 4 is 23.4 Å². The van der Waals surface area contributed by atoms with Gasteiger partial charge >= 0.3 is 0 Å². The van der Waals surface area contributed by atoms with Crippen LogP contribution in [0, 0.1) is 0 Å². The Bertz CT molecular complexity index is 747. The molecule has 2 aromatic rings. The molecule has 0 saturated carbocycles. The zero-order chi connectivity index (χ0) is 18.6. The second-order valence-electron chi connectivity index (χ2n) is 7.09. The average Bonchev–Trinajstić information content (AvgIpc) is 2.55. The summed E-state index contributed by atoms with van der Waals surface area (Å²) in [5, 5.41) is 3.32. The van der Waals surface area contributed by atoms with E-state index < -0.39 is 11.9 Å². The Morgan fingerprint density at radius 1 is 1.04 bits per heavy atom. The van der Waals surface area contributed by atoms with Crippen molar-refractivity contribution in [2.24, 2.45) is 5.73 Å². The smallest absolute Gasteiger partial charge is 0.251 e. The third-order valence-corrected chi connectivity index (χ3v) is 4.27. The molecule has 2 rings (SSSR count). The zero-order valence-corrected chi connectivity index (χ0v) is 15.4. The van der Waals surface area contributed by atoms with Crippen LogP contribution in [0.4, 0.5) is 0 Å². The molecule has 1 atom stereocenters. The molecule has 25 heavy (non-hydrogen) atoms. The Morgan fingerprint density at radius 3 is 2.08 bits per heavy atom. The van der Waals surface area contributed by atoms with E-state index in [0.29, 0.717) is 17.0 Å². The fourth-order valence-electron chi connectivity index (χ4n) is 2.44. The third kappa shape index (κ3) is 5.33. The Morgan fingerprint density at radius 2 is 1.60 bits per heavy atom. The SMILES string of the molecule is CC(C)(C)c1ccc(C(=O)N[C@H](Cc2ccc(Cl)cc2)C(N)=O)cc1. The molecule has 4 nitrogen and oxygen atoms in total. The van der Waals surface area contributed by atoms with Crippen LogP contribution in [0.2, 0.25) is 5.02 Å². The van der Waals surface area contributed by atoms with Crippen LogP contribution in [0.1, 0.15) is 42.3 Å². The van der Waals surface area contributed by atoms with Gasteiger partial charge in [0, 0.05) is 17.0 Å². The zero-order valence-electron chi connectivity index (χ0n) is 14.7. The van der Waals surface area contributed by atoms with Crippen LogP contribution < -0.4 is 11.1 Å². The topological polar surface area (TPSA) is 72.2 Å². The number of primary amides is 1. The summed E-state index contributed by atoms with van der Waals surface area (Å²) < 4.78 is 0. The summed E-state index contributed by atoms with van der Waals surface area (Å²) in [6.45, 7) is 6.33. The van der Waals surface area contributed by atoms with Gasteiger partial charge in [0.15, 0.2) is 0 Å². The summed E-state index contributed by atoms with van der Waals surface area (Å²) in [6.07, 6.45) is 0.318. The van der Waals surface area contributed by atoms with E-state index in [2.05, 4.69) is 26.1 Å². The van der Waals surface area contributed by atoms with Gasteiger partial charge in [0.25, 0.3) is 5.91 Å². The van der Waals surface area contributed by atoms with Crippen molar-refractivity contribution in [2.75, 3.05) is 0 Å². The van der Waals surface area contributed by atoms with Gasteiger partial charge in [-0.1, -0.05) is 56.6 Å². The summed E-state index contributed by atoms with van der Waals surface area (Å²) in [4.78, 5) is 24.1. The van der Waals surface area contributed by atoms with Crippen LogP contribution in [-0.4, -0.2) is 17.9 Å². The van der Waals surface area contributed by atoms with Gasteiger partial charge in [-0.3, -0.25) is 9.59 Å². The number of benzene rings is 2. The van der Waals surface area contributed by atoms with E-state index in [0.717, 1.165) is 11.1 Å². The minimum Gasteiger partial charge on any atom is -0.368 e. The predicted molar refractivity (Wildman–Crippen MR) is 101 cm³/mol. The number of carbonyl (C=O) groups excluding carboxylic acids is 2. The van der Waals surface area contributed by atoms with Gasteiger partial charge in [-0.05, 0) is 40.8 Å². The van der Waals surface area contributed by atoms with Crippen LogP contribution in [0.15, 0.2) is 48.5 Å². The molecule has 3 N–H and O–H groups in total. The largest absolute Gasteiger partial charge is 0.368 e. The van der Waals surface area contributed by atoms with Gasteiger partial charge in [-0.2, -0.15) is 0 Å². The lowest BCUT2D eigenvalue weighted by atomic mass is 9.86. The first kappa shape index (κ1) is 19.0. The maximum absolute atomic E-state index is 12.4. The third-order valence-electron chi connectivity index (χ3n) is 4.01. The van der Waals surface area contributed by atoms with E-state index in [1.807, 2.05) is 24.3 Å². The summed E-state index contributed by atoms with van der Waals surface area (Å²) in [6, 6.07) is 13.7. The number of amides is 2. The van der Waals surface area contributed by atoms with Gasteiger partial charge in [0.05, 0.1) is 0 Å². The van der Waals surface area contributed by atoms with E-state index in [4.69, 9.17) is 17.3 Å². The standard InChI is InChI=1S/C20H23ClN2O2/c1-20(2,3)15-8-6-14(7-9-15)19(25)23-17(18(22)24)12-13-4-10-16(21)11-5-13/h4-11,17H,12H2,1-3H3,(H2,22,24)(H,23,25)/t17-/m1/s1. The van der Waals surface area contributed by atoms with Gasteiger partial charge in [0.2, 0.25) is 5.91 Å². The van der Waals surface area contributed by atoms with Gasteiger partial charge < -0.3 is 11.1 Å². The van der Waals surface area contributed by atoms with Crippen LogP contribution in [0.5, 0.6) is 0 Å². The molecule has 0 saturated heterocycles. The van der Waals surface area contributed by atoms with Crippen molar-refractivity contribution in [1.82, 2.24) is 5.32 Å². The molecule has 0 aliphatic carbocycles. The van der Waals surface area contributed by atoms with Crippen molar-refractivity contribution in [3.8, 4) is 0 Å². The first-order valence-electron chi connectivity index (χ1n) is 8.12. The van der Waals surface area contributed by atoms with Crippen LogP contribution >= 0.6 is 11.6 Å². The minimum absolute atomic E-state index is 0.0132. The molecule has 0 aromatic heterocycles. The van der Waals surface area contributed by atoms with Crippen molar-refractivity contribution in [3.63, 3.8) is 0 Å². The Kier molecular flexibility index (Phi) is 5.85. The van der Waals surface area contributed by atoms with E-state index in [9.17, 15) is 9.59 Å². The lowest BCUT2D eigenvalue weighted by molar-refractivity contribution is -0.119. The molecule has 0 aliphatic rings. The van der Waals surface area contributed by atoms with Gasteiger partial charge in [-0.25, -0.2) is 0 Å². The maximum Gasteiger partial charge on any atom is 0.251 e. The number of rotatable bonds is 5. The first-order valence-corrected chi connectivity index (χ1v) is 8.50. The Balaban J connectivity index is 2.09. The van der Waals surface area contributed by atoms with Crippen molar-refractivity contribution in [2.45, 2.75) is 38.6 Å².